The molecule has 0 aliphatic carbocycles. The van der Waals surface area contributed by atoms with E-state index in [9.17, 15) is 9.59 Å². The van der Waals surface area contributed by atoms with Crippen molar-refractivity contribution in [2.45, 2.75) is 19.0 Å². The number of rotatable bonds is 4. The van der Waals surface area contributed by atoms with Crippen molar-refractivity contribution in [2.75, 3.05) is 6.61 Å². The summed E-state index contributed by atoms with van der Waals surface area (Å²) in [5.74, 6) is -0.950. The van der Waals surface area contributed by atoms with Gasteiger partial charge in [0.05, 0.1) is 12.5 Å². The van der Waals surface area contributed by atoms with Crippen molar-refractivity contribution in [3.05, 3.63) is 34.9 Å². The Morgan fingerprint density at radius 2 is 2.33 bits per heavy atom. The molecule has 0 bridgehead atoms. The number of ether oxygens (including phenoxy) is 1. The largest absolute Gasteiger partial charge is 0.481 e. The topological polar surface area (TPSA) is 66.8 Å². The van der Waals surface area contributed by atoms with E-state index in [4.69, 9.17) is 21.4 Å². The fraction of sp³-hybridized carbons (Fsp3) is 0.333. The molecule has 0 radical (unpaired) electrons. The summed E-state index contributed by atoms with van der Waals surface area (Å²) in [6.07, 6.45) is -0.604. The second kappa shape index (κ2) is 5.27. The zero-order valence-electron chi connectivity index (χ0n) is 9.51. The first-order valence-corrected chi connectivity index (χ1v) is 5.83. The molecule has 1 saturated heterocycles. The maximum atomic E-state index is 11.5. The maximum absolute atomic E-state index is 11.5. The second-order valence-corrected chi connectivity index (χ2v) is 4.52. The molecular weight excluding hydrogens is 258 g/mol. The number of cyclic esters (lactones) is 1. The molecule has 0 saturated carbocycles. The van der Waals surface area contributed by atoms with E-state index in [0.29, 0.717) is 11.6 Å². The third kappa shape index (κ3) is 2.92. The summed E-state index contributed by atoms with van der Waals surface area (Å²) in [5.41, 5.74) is 0.844. The van der Waals surface area contributed by atoms with Crippen LogP contribution in [0.5, 0.6) is 0 Å². The fourth-order valence-corrected chi connectivity index (χ4v) is 2.10. The lowest BCUT2D eigenvalue weighted by atomic mass is 10.1. The van der Waals surface area contributed by atoms with Crippen LogP contribution in [0.1, 0.15) is 12.0 Å². The van der Waals surface area contributed by atoms with Crippen LogP contribution < -0.4 is 0 Å². The second-order valence-electron chi connectivity index (χ2n) is 4.09. The van der Waals surface area contributed by atoms with Crippen LogP contribution in [0.2, 0.25) is 5.02 Å². The minimum atomic E-state index is -0.950. The van der Waals surface area contributed by atoms with E-state index in [2.05, 4.69) is 0 Å². The number of nitrogens with zero attached hydrogens (tertiary/aromatic N) is 1. The standard InChI is InChI=1S/C12H12ClNO4/c13-9-3-1-2-8(4-9)6-14-10(5-11(15)16)7-18-12(14)17/h1-4,10H,5-7H2,(H,15,16). The molecule has 1 atom stereocenters. The summed E-state index contributed by atoms with van der Waals surface area (Å²) >= 11 is 5.86. The Bertz CT molecular complexity index is 477. The van der Waals surface area contributed by atoms with Crippen molar-refractivity contribution in [2.24, 2.45) is 0 Å². The van der Waals surface area contributed by atoms with E-state index < -0.39 is 18.1 Å². The van der Waals surface area contributed by atoms with Crippen molar-refractivity contribution < 1.29 is 19.4 Å². The first-order chi connectivity index (χ1) is 8.56. The smallest absolute Gasteiger partial charge is 0.410 e. The normalized spacial score (nSPS) is 18.8. The van der Waals surface area contributed by atoms with Crippen molar-refractivity contribution >= 4 is 23.7 Å². The van der Waals surface area contributed by atoms with Crippen LogP contribution in [0.25, 0.3) is 0 Å². The highest BCUT2D eigenvalue weighted by Gasteiger charge is 2.34. The molecule has 96 valence electrons. The molecule has 18 heavy (non-hydrogen) atoms. The number of carbonyl (C=O) groups is 2. The number of amides is 1. The van der Waals surface area contributed by atoms with E-state index >= 15 is 0 Å². The van der Waals surface area contributed by atoms with Gasteiger partial charge in [0.1, 0.15) is 6.61 Å². The van der Waals surface area contributed by atoms with E-state index in [1.807, 2.05) is 6.07 Å². The van der Waals surface area contributed by atoms with Gasteiger partial charge in [-0.3, -0.25) is 9.69 Å². The Labute approximate surface area is 109 Å². The number of halogens is 1. The van der Waals surface area contributed by atoms with Crippen LogP contribution in [0.4, 0.5) is 4.79 Å². The Balaban J connectivity index is 2.10. The summed E-state index contributed by atoms with van der Waals surface area (Å²) < 4.78 is 4.87. The number of carboxylic acids is 1. The molecule has 0 aromatic heterocycles. The molecule has 1 amide bonds. The molecule has 1 aromatic carbocycles. The fourth-order valence-electron chi connectivity index (χ4n) is 1.89. The van der Waals surface area contributed by atoms with E-state index in [-0.39, 0.29) is 13.0 Å². The first kappa shape index (κ1) is 12.7. The van der Waals surface area contributed by atoms with Gasteiger partial charge in [0.25, 0.3) is 0 Å². The van der Waals surface area contributed by atoms with Gasteiger partial charge in [0.15, 0.2) is 0 Å². The van der Waals surface area contributed by atoms with Crippen LogP contribution in [0, 0.1) is 0 Å². The molecule has 1 aliphatic heterocycles. The van der Waals surface area contributed by atoms with Crippen molar-refractivity contribution in [1.82, 2.24) is 4.90 Å². The minimum Gasteiger partial charge on any atom is -0.481 e. The molecule has 1 fully saturated rings. The molecule has 2 rings (SSSR count). The molecular formula is C12H12ClNO4. The van der Waals surface area contributed by atoms with Gasteiger partial charge in [-0.2, -0.15) is 0 Å². The number of hydrogen-bond acceptors (Lipinski definition) is 3. The maximum Gasteiger partial charge on any atom is 0.410 e. The number of benzene rings is 1. The van der Waals surface area contributed by atoms with Crippen LogP contribution >= 0.6 is 11.6 Å². The molecule has 5 nitrogen and oxygen atoms in total. The van der Waals surface area contributed by atoms with Gasteiger partial charge in [-0.25, -0.2) is 4.79 Å². The quantitative estimate of drug-likeness (QED) is 0.909. The predicted octanol–water partition coefficient (Wildman–Crippen LogP) is 2.14. The lowest BCUT2D eigenvalue weighted by Crippen LogP contribution is -2.34. The van der Waals surface area contributed by atoms with Crippen LogP contribution in [0.15, 0.2) is 24.3 Å². The van der Waals surface area contributed by atoms with E-state index in [1.165, 1.54) is 4.90 Å². The van der Waals surface area contributed by atoms with E-state index in [1.54, 1.807) is 18.2 Å². The zero-order valence-corrected chi connectivity index (χ0v) is 10.3. The molecule has 1 aliphatic rings. The van der Waals surface area contributed by atoms with Gasteiger partial charge in [0, 0.05) is 11.6 Å². The van der Waals surface area contributed by atoms with Crippen molar-refractivity contribution in [3.63, 3.8) is 0 Å². The van der Waals surface area contributed by atoms with Crippen LogP contribution in [-0.4, -0.2) is 34.7 Å². The third-order valence-electron chi connectivity index (χ3n) is 2.73. The molecule has 1 unspecified atom stereocenters. The van der Waals surface area contributed by atoms with Gasteiger partial charge in [-0.1, -0.05) is 23.7 Å². The molecule has 6 heteroatoms. The summed E-state index contributed by atoms with van der Waals surface area (Å²) in [6.45, 7) is 0.420. The highest BCUT2D eigenvalue weighted by atomic mass is 35.5. The summed E-state index contributed by atoms with van der Waals surface area (Å²) in [4.78, 5) is 23.6. The summed E-state index contributed by atoms with van der Waals surface area (Å²) in [5, 5.41) is 9.35. The Morgan fingerprint density at radius 3 is 3.00 bits per heavy atom. The third-order valence-corrected chi connectivity index (χ3v) is 2.96. The lowest BCUT2D eigenvalue weighted by Gasteiger charge is -2.20. The Hall–Kier alpha value is -1.75. The average molecular weight is 270 g/mol. The summed E-state index contributed by atoms with van der Waals surface area (Å²) in [6, 6.07) is 6.67. The highest BCUT2D eigenvalue weighted by molar-refractivity contribution is 6.30. The SMILES string of the molecule is O=C(O)CC1COC(=O)N1Cc1cccc(Cl)c1. The minimum absolute atomic E-state index is 0.117. The Kier molecular flexibility index (Phi) is 3.72. The van der Waals surface area contributed by atoms with Gasteiger partial charge >= 0.3 is 12.1 Å². The lowest BCUT2D eigenvalue weighted by molar-refractivity contribution is -0.138. The first-order valence-electron chi connectivity index (χ1n) is 5.46. The van der Waals surface area contributed by atoms with Gasteiger partial charge in [0.2, 0.25) is 0 Å². The monoisotopic (exact) mass is 269 g/mol. The number of aliphatic carboxylic acids is 1. The van der Waals surface area contributed by atoms with Gasteiger partial charge in [-0.05, 0) is 17.7 Å². The molecule has 1 aromatic rings. The highest BCUT2D eigenvalue weighted by Crippen LogP contribution is 2.20. The molecule has 1 N–H and O–H groups in total. The number of carbonyl (C=O) groups excluding carboxylic acids is 1. The van der Waals surface area contributed by atoms with Gasteiger partial charge in [-0.15, -0.1) is 0 Å². The van der Waals surface area contributed by atoms with Crippen molar-refractivity contribution in [3.8, 4) is 0 Å². The van der Waals surface area contributed by atoms with Crippen molar-refractivity contribution in [1.29, 1.82) is 0 Å². The van der Waals surface area contributed by atoms with Crippen LogP contribution in [-0.2, 0) is 16.1 Å². The predicted molar refractivity (Wildman–Crippen MR) is 64.4 cm³/mol. The Morgan fingerprint density at radius 1 is 1.56 bits per heavy atom. The summed E-state index contributed by atoms with van der Waals surface area (Å²) in [7, 11) is 0. The number of carboxylic acid groups (broad SMARTS) is 1. The van der Waals surface area contributed by atoms with Gasteiger partial charge < -0.3 is 9.84 Å². The van der Waals surface area contributed by atoms with E-state index in [0.717, 1.165) is 5.56 Å². The molecule has 0 spiro atoms. The zero-order chi connectivity index (χ0) is 13.1. The molecule has 1 heterocycles. The number of hydrogen-bond donors (Lipinski definition) is 1. The van der Waals surface area contributed by atoms with Crippen LogP contribution in [0.3, 0.4) is 0 Å². The average Bonchev–Trinajstić information content (AvgIpc) is 2.61.